The maximum atomic E-state index is 13.0. The first-order chi connectivity index (χ1) is 18.3. The number of esters is 1. The molecule has 39 heavy (non-hydrogen) atoms. The number of benzene rings is 2. The lowest BCUT2D eigenvalue weighted by Crippen LogP contribution is -2.54. The van der Waals surface area contributed by atoms with Crippen molar-refractivity contribution in [2.45, 2.75) is 31.2 Å². The molecule has 2 heterocycles. The van der Waals surface area contributed by atoms with Crippen molar-refractivity contribution in [3.8, 4) is 5.75 Å². The van der Waals surface area contributed by atoms with Crippen LogP contribution in [0.2, 0.25) is 5.02 Å². The summed E-state index contributed by atoms with van der Waals surface area (Å²) in [4.78, 5) is 30.0. The summed E-state index contributed by atoms with van der Waals surface area (Å²) in [5.41, 5.74) is 1.06. The Labute approximate surface area is 224 Å². The quantitative estimate of drug-likeness (QED) is 0.375. The van der Waals surface area contributed by atoms with Gasteiger partial charge >= 0.3 is 18.5 Å². The van der Waals surface area contributed by atoms with E-state index in [2.05, 4.69) is 9.64 Å². The second-order valence-corrected chi connectivity index (χ2v) is 9.67. The van der Waals surface area contributed by atoms with Gasteiger partial charge in [0.25, 0.3) is 5.91 Å². The number of amides is 1. The highest BCUT2D eigenvalue weighted by Crippen LogP contribution is 2.28. The number of rotatable bonds is 6. The molecule has 2 saturated heterocycles. The molecule has 2 aromatic rings. The maximum Gasteiger partial charge on any atom is 0.573 e. The topological polar surface area (TPSA) is 62.3 Å². The lowest BCUT2D eigenvalue weighted by atomic mass is 10.1. The molecule has 0 aliphatic carbocycles. The van der Waals surface area contributed by atoms with E-state index in [1.807, 2.05) is 17.0 Å². The summed E-state index contributed by atoms with van der Waals surface area (Å²) in [5.74, 6) is -3.49. The van der Waals surface area contributed by atoms with E-state index in [4.69, 9.17) is 16.3 Å². The van der Waals surface area contributed by atoms with Crippen molar-refractivity contribution in [3.63, 3.8) is 0 Å². The van der Waals surface area contributed by atoms with Crippen LogP contribution in [0.5, 0.6) is 5.75 Å². The first-order valence-electron chi connectivity index (χ1n) is 11.9. The van der Waals surface area contributed by atoms with Gasteiger partial charge in [0, 0.05) is 49.9 Å². The van der Waals surface area contributed by atoms with E-state index in [9.17, 15) is 35.9 Å². The normalized spacial score (nSPS) is 21.2. The lowest BCUT2D eigenvalue weighted by molar-refractivity contribution is -0.274. The minimum atomic E-state index is -5.20. The molecule has 0 N–H and O–H groups in total. The summed E-state index contributed by atoms with van der Waals surface area (Å²) in [6.07, 6.45) is -11.3. The van der Waals surface area contributed by atoms with Gasteiger partial charge in [0.15, 0.2) is 0 Å². The van der Waals surface area contributed by atoms with Gasteiger partial charge in [-0.3, -0.25) is 14.6 Å². The minimum absolute atomic E-state index is 0.0128. The van der Waals surface area contributed by atoms with E-state index in [1.54, 1.807) is 12.1 Å². The molecule has 212 valence electrons. The molecule has 0 unspecified atom stereocenters. The van der Waals surface area contributed by atoms with E-state index in [0.29, 0.717) is 37.7 Å². The van der Waals surface area contributed by atoms with Gasteiger partial charge in [-0.2, -0.15) is 13.2 Å². The van der Waals surface area contributed by atoms with Gasteiger partial charge in [-0.1, -0.05) is 23.7 Å². The Hall–Kier alpha value is -3.03. The number of carbonyl (C=O) groups is 2. The van der Waals surface area contributed by atoms with Crippen molar-refractivity contribution >= 4 is 23.5 Å². The Morgan fingerprint density at radius 1 is 0.872 bits per heavy atom. The Kier molecular flexibility index (Phi) is 8.62. The van der Waals surface area contributed by atoms with Crippen molar-refractivity contribution in [2.75, 3.05) is 39.3 Å². The molecule has 1 amide bonds. The number of ether oxygens (including phenoxy) is 2. The highest BCUT2D eigenvalue weighted by Gasteiger charge is 2.47. The van der Waals surface area contributed by atoms with Gasteiger partial charge in [-0.25, -0.2) is 4.79 Å². The summed E-state index contributed by atoms with van der Waals surface area (Å²) in [6.45, 7) is 2.44. The number of hydrogen-bond donors (Lipinski definition) is 0. The van der Waals surface area contributed by atoms with E-state index in [-0.39, 0.29) is 18.7 Å². The van der Waals surface area contributed by atoms with Crippen molar-refractivity contribution in [1.82, 2.24) is 14.7 Å². The van der Waals surface area contributed by atoms with E-state index < -0.39 is 42.3 Å². The Morgan fingerprint density at radius 2 is 1.49 bits per heavy atom. The van der Waals surface area contributed by atoms with Crippen LogP contribution in [0.25, 0.3) is 0 Å². The largest absolute Gasteiger partial charge is 0.573 e. The highest BCUT2D eigenvalue weighted by molar-refractivity contribution is 6.30. The van der Waals surface area contributed by atoms with E-state index >= 15 is 0 Å². The molecule has 7 nitrogen and oxygen atoms in total. The third-order valence-corrected chi connectivity index (χ3v) is 6.80. The molecule has 2 fully saturated rings. The molecule has 0 radical (unpaired) electrons. The zero-order valence-corrected chi connectivity index (χ0v) is 21.1. The maximum absolute atomic E-state index is 13.0. The van der Waals surface area contributed by atoms with Crippen LogP contribution in [-0.2, 0) is 16.1 Å². The van der Waals surface area contributed by atoms with Crippen LogP contribution in [0.15, 0.2) is 48.5 Å². The van der Waals surface area contributed by atoms with Crippen molar-refractivity contribution in [3.05, 3.63) is 64.7 Å². The SMILES string of the molecule is O=C(c1ccc(OC(F)(F)F)cc1)N1C[C@H](OC(=O)C(F)(F)F)[C@@H](N2CCN(Cc3ccc(Cl)cc3)CC2)C1. The van der Waals surface area contributed by atoms with Crippen molar-refractivity contribution in [2.24, 2.45) is 0 Å². The Balaban J connectivity index is 1.42. The Morgan fingerprint density at radius 3 is 2.05 bits per heavy atom. The summed E-state index contributed by atoms with van der Waals surface area (Å²) in [5, 5.41) is 0.619. The molecule has 2 aliphatic heterocycles. The fourth-order valence-electron chi connectivity index (χ4n) is 4.68. The molecule has 0 aromatic heterocycles. The number of piperazine rings is 1. The number of likely N-dealkylation sites (tertiary alicyclic amines) is 1. The van der Waals surface area contributed by atoms with Crippen LogP contribution < -0.4 is 4.74 Å². The fraction of sp³-hybridized carbons (Fsp3) is 0.440. The van der Waals surface area contributed by atoms with Crippen molar-refractivity contribution < 1.29 is 45.4 Å². The molecular weight excluding hydrogens is 556 g/mol. The van der Waals surface area contributed by atoms with Crippen LogP contribution in [-0.4, -0.2) is 90.5 Å². The van der Waals surface area contributed by atoms with Crippen molar-refractivity contribution in [1.29, 1.82) is 0 Å². The summed E-state index contributed by atoms with van der Waals surface area (Å²) < 4.78 is 84.7. The standard InChI is InChI=1S/C25H24ClF6N3O4/c26-18-5-1-16(2-6-18)13-33-9-11-34(12-10-33)20-14-35(15-21(20)38-23(37)24(27,28)29)22(36)17-3-7-19(8-4-17)39-25(30,31)32/h1-8,20-21H,9-15H2/t20-,21-/m0/s1. The molecule has 0 bridgehead atoms. The zero-order valence-electron chi connectivity index (χ0n) is 20.3. The molecule has 0 spiro atoms. The van der Waals surface area contributed by atoms with Crippen LogP contribution in [0.4, 0.5) is 26.3 Å². The third-order valence-electron chi connectivity index (χ3n) is 6.54. The molecule has 2 atom stereocenters. The van der Waals surface area contributed by atoms with E-state index in [1.165, 1.54) is 4.90 Å². The van der Waals surface area contributed by atoms with Crippen LogP contribution in [0.1, 0.15) is 15.9 Å². The van der Waals surface area contributed by atoms with Gasteiger partial charge in [-0.15, -0.1) is 13.2 Å². The van der Waals surface area contributed by atoms with Gasteiger partial charge < -0.3 is 14.4 Å². The van der Waals surface area contributed by atoms with Gasteiger partial charge in [0.1, 0.15) is 11.9 Å². The second kappa shape index (κ2) is 11.6. The predicted molar refractivity (Wildman–Crippen MR) is 127 cm³/mol. The predicted octanol–water partition coefficient (Wildman–Crippen LogP) is 4.35. The summed E-state index contributed by atoms with van der Waals surface area (Å²) in [6, 6.07) is 10.9. The smallest absolute Gasteiger partial charge is 0.452 e. The second-order valence-electron chi connectivity index (χ2n) is 9.23. The van der Waals surface area contributed by atoms with Gasteiger partial charge in [0.05, 0.1) is 12.6 Å². The molecule has 2 aromatic carbocycles. The lowest BCUT2D eigenvalue weighted by Gasteiger charge is -2.39. The first kappa shape index (κ1) is 29.0. The average molecular weight is 580 g/mol. The number of halogens is 7. The Bertz CT molecular complexity index is 1150. The minimum Gasteiger partial charge on any atom is -0.452 e. The fourth-order valence-corrected chi connectivity index (χ4v) is 4.80. The zero-order chi connectivity index (χ0) is 28.4. The molecule has 4 rings (SSSR count). The first-order valence-corrected chi connectivity index (χ1v) is 12.3. The van der Waals surface area contributed by atoms with Gasteiger partial charge in [0.2, 0.25) is 0 Å². The number of carbonyl (C=O) groups excluding carboxylic acids is 2. The van der Waals surface area contributed by atoms with Crippen LogP contribution in [0, 0.1) is 0 Å². The molecular formula is C25H24ClF6N3O4. The summed E-state index contributed by atoms with van der Waals surface area (Å²) >= 11 is 5.93. The van der Waals surface area contributed by atoms with E-state index in [0.717, 1.165) is 29.8 Å². The molecule has 14 heteroatoms. The highest BCUT2D eigenvalue weighted by atomic mass is 35.5. The molecule has 0 saturated carbocycles. The number of nitrogens with zero attached hydrogens (tertiary/aromatic N) is 3. The number of alkyl halides is 6. The monoisotopic (exact) mass is 579 g/mol. The summed E-state index contributed by atoms with van der Waals surface area (Å²) in [7, 11) is 0. The third kappa shape index (κ3) is 7.76. The van der Waals surface area contributed by atoms with Crippen LogP contribution >= 0.6 is 11.6 Å². The number of hydrogen-bond acceptors (Lipinski definition) is 6. The average Bonchev–Trinajstić information content (AvgIpc) is 3.28. The van der Waals surface area contributed by atoms with Gasteiger partial charge in [-0.05, 0) is 42.0 Å². The van der Waals surface area contributed by atoms with Crippen LogP contribution in [0.3, 0.4) is 0 Å². The molecule has 2 aliphatic rings.